The van der Waals surface area contributed by atoms with Crippen LogP contribution in [-0.4, -0.2) is 34.6 Å². The van der Waals surface area contributed by atoms with Crippen molar-refractivity contribution in [1.29, 1.82) is 0 Å². The summed E-state index contributed by atoms with van der Waals surface area (Å²) in [5, 5.41) is 9.96. The van der Waals surface area contributed by atoms with Gasteiger partial charge in [-0.05, 0) is 31.9 Å². The molecule has 1 unspecified atom stereocenters. The quantitative estimate of drug-likeness (QED) is 0.564. The van der Waals surface area contributed by atoms with Crippen molar-refractivity contribution in [3.05, 3.63) is 29.3 Å². The zero-order valence-electron chi connectivity index (χ0n) is 11.1. The molecule has 4 N–H and O–H groups in total. The molecule has 1 aliphatic rings. The highest BCUT2D eigenvalue weighted by Gasteiger charge is 2.31. The Morgan fingerprint density at radius 1 is 1.45 bits per heavy atom. The normalized spacial score (nSPS) is 22.8. The first kappa shape index (κ1) is 14.7. The van der Waals surface area contributed by atoms with Crippen molar-refractivity contribution in [1.82, 2.24) is 4.90 Å². The van der Waals surface area contributed by atoms with E-state index in [0.717, 1.165) is 12.1 Å². The van der Waals surface area contributed by atoms with Crippen LogP contribution in [-0.2, 0) is 0 Å². The van der Waals surface area contributed by atoms with Gasteiger partial charge in [-0.15, -0.1) is 0 Å². The predicted molar refractivity (Wildman–Crippen MR) is 69.9 cm³/mol. The van der Waals surface area contributed by atoms with Crippen molar-refractivity contribution in [2.45, 2.75) is 25.4 Å². The van der Waals surface area contributed by atoms with E-state index in [0.29, 0.717) is 19.4 Å². The molecular formula is C13H17F2N3O2. The molecule has 0 aromatic heterocycles. The first-order valence-electron chi connectivity index (χ1n) is 6.31. The number of hydrazine groups is 1. The Balaban J connectivity index is 2.25. The van der Waals surface area contributed by atoms with Crippen LogP contribution in [0, 0.1) is 11.6 Å². The minimum Gasteiger partial charge on any atom is -0.388 e. The van der Waals surface area contributed by atoms with E-state index in [1.54, 1.807) is 6.92 Å². The summed E-state index contributed by atoms with van der Waals surface area (Å²) in [6, 6.07) is 1.87. The van der Waals surface area contributed by atoms with Crippen LogP contribution in [0.5, 0.6) is 0 Å². The summed E-state index contributed by atoms with van der Waals surface area (Å²) in [6.45, 7) is 2.23. The fourth-order valence-corrected chi connectivity index (χ4v) is 2.41. The number of carbonyl (C=O) groups excluding carboxylic acids is 1. The topological polar surface area (TPSA) is 78.6 Å². The second kappa shape index (κ2) is 5.34. The Hall–Kier alpha value is -1.73. The van der Waals surface area contributed by atoms with Gasteiger partial charge in [-0.3, -0.25) is 10.6 Å². The first-order chi connectivity index (χ1) is 9.34. The predicted octanol–water partition coefficient (Wildman–Crippen LogP) is 1.24. The lowest BCUT2D eigenvalue weighted by molar-refractivity contribution is -0.0107. The highest BCUT2D eigenvalue weighted by atomic mass is 19.1. The Morgan fingerprint density at radius 2 is 2.05 bits per heavy atom. The fourth-order valence-electron chi connectivity index (χ4n) is 2.41. The van der Waals surface area contributed by atoms with Gasteiger partial charge in [0.1, 0.15) is 5.69 Å². The van der Waals surface area contributed by atoms with Crippen molar-refractivity contribution < 1.29 is 18.7 Å². The van der Waals surface area contributed by atoms with E-state index in [1.807, 2.05) is 5.43 Å². The minimum absolute atomic E-state index is 0.100. The molecule has 0 aliphatic carbocycles. The monoisotopic (exact) mass is 285 g/mol. The molecule has 5 nitrogen and oxygen atoms in total. The van der Waals surface area contributed by atoms with E-state index in [9.17, 15) is 18.7 Å². The molecular weight excluding hydrogens is 268 g/mol. The minimum atomic E-state index is -0.968. The molecule has 0 bridgehead atoms. The third-order valence-electron chi connectivity index (χ3n) is 3.40. The van der Waals surface area contributed by atoms with Crippen LogP contribution in [0.1, 0.15) is 30.1 Å². The van der Waals surface area contributed by atoms with E-state index in [2.05, 4.69) is 0 Å². The van der Waals surface area contributed by atoms with E-state index < -0.39 is 28.8 Å². The number of amides is 1. The second-order valence-electron chi connectivity index (χ2n) is 5.29. The maximum atomic E-state index is 13.6. The number of nitrogen functional groups attached to an aromatic ring is 1. The maximum Gasteiger partial charge on any atom is 0.254 e. The molecule has 1 saturated heterocycles. The number of carbonyl (C=O) groups is 1. The van der Waals surface area contributed by atoms with Gasteiger partial charge in [0.25, 0.3) is 5.91 Å². The summed E-state index contributed by atoms with van der Waals surface area (Å²) >= 11 is 0. The lowest BCUT2D eigenvalue weighted by Crippen LogP contribution is -2.48. The number of likely N-dealkylation sites (tertiary alicyclic amines) is 1. The fraction of sp³-hybridized carbons (Fsp3) is 0.462. The number of β-amino-alcohol motifs (C(OH)–C–C–N with tert-alkyl or cyclic N) is 1. The molecule has 110 valence electrons. The third kappa shape index (κ3) is 2.88. The molecule has 7 heteroatoms. The number of hydrogen-bond acceptors (Lipinski definition) is 4. The number of anilines is 1. The molecule has 1 atom stereocenters. The van der Waals surface area contributed by atoms with Crippen LogP contribution in [0.2, 0.25) is 0 Å². The molecule has 1 amide bonds. The Kier molecular flexibility index (Phi) is 3.92. The molecule has 1 aromatic carbocycles. The summed E-state index contributed by atoms with van der Waals surface area (Å²) in [7, 11) is 0. The van der Waals surface area contributed by atoms with Gasteiger partial charge in [0, 0.05) is 18.7 Å². The molecule has 1 aromatic rings. The van der Waals surface area contributed by atoms with Crippen molar-refractivity contribution in [2.24, 2.45) is 5.84 Å². The summed E-state index contributed by atoms with van der Waals surface area (Å²) < 4.78 is 27.2. The number of hydrogen-bond donors (Lipinski definition) is 3. The van der Waals surface area contributed by atoms with Gasteiger partial charge in [-0.1, -0.05) is 0 Å². The molecule has 0 radical (unpaired) electrons. The summed E-state index contributed by atoms with van der Waals surface area (Å²) in [4.78, 5) is 13.6. The zero-order chi connectivity index (χ0) is 14.9. The number of nitrogens with two attached hydrogens (primary N) is 1. The molecule has 2 rings (SSSR count). The Morgan fingerprint density at radius 3 is 2.55 bits per heavy atom. The van der Waals surface area contributed by atoms with Crippen molar-refractivity contribution >= 4 is 11.6 Å². The van der Waals surface area contributed by atoms with Crippen LogP contribution in [0.15, 0.2) is 12.1 Å². The van der Waals surface area contributed by atoms with Crippen LogP contribution in [0.25, 0.3) is 0 Å². The van der Waals surface area contributed by atoms with Gasteiger partial charge < -0.3 is 15.4 Å². The largest absolute Gasteiger partial charge is 0.388 e. The molecule has 1 aliphatic heterocycles. The standard InChI is InChI=1S/C13H17F2N3O2/c1-13(20)3-2-4-18(7-13)12(19)8-5-9(14)11(17-16)10(15)6-8/h5-6,17,20H,2-4,7,16H2,1H3. The first-order valence-corrected chi connectivity index (χ1v) is 6.31. The maximum absolute atomic E-state index is 13.6. The summed E-state index contributed by atoms with van der Waals surface area (Å²) in [6.07, 6.45) is 1.24. The number of nitrogens with one attached hydrogen (secondary N) is 1. The number of benzene rings is 1. The Bertz CT molecular complexity index is 511. The third-order valence-corrected chi connectivity index (χ3v) is 3.40. The highest BCUT2D eigenvalue weighted by molar-refractivity contribution is 5.94. The van der Waals surface area contributed by atoms with Crippen LogP contribution in [0.4, 0.5) is 14.5 Å². The average molecular weight is 285 g/mol. The van der Waals surface area contributed by atoms with Gasteiger partial charge >= 0.3 is 0 Å². The average Bonchev–Trinajstić information content (AvgIpc) is 2.36. The smallest absolute Gasteiger partial charge is 0.254 e. The van der Waals surface area contributed by atoms with Gasteiger partial charge in [-0.2, -0.15) is 0 Å². The van der Waals surface area contributed by atoms with E-state index in [-0.39, 0.29) is 12.1 Å². The summed E-state index contributed by atoms with van der Waals surface area (Å²) in [5.41, 5.74) is 0.359. The SMILES string of the molecule is CC1(O)CCCN(C(=O)c2cc(F)c(NN)c(F)c2)C1. The van der Waals surface area contributed by atoms with Gasteiger partial charge in [0.2, 0.25) is 0 Å². The number of piperidine rings is 1. The molecule has 0 saturated carbocycles. The van der Waals surface area contributed by atoms with Gasteiger partial charge in [0.05, 0.1) is 5.60 Å². The van der Waals surface area contributed by atoms with E-state index in [1.165, 1.54) is 4.90 Å². The zero-order valence-corrected chi connectivity index (χ0v) is 11.1. The molecule has 20 heavy (non-hydrogen) atoms. The van der Waals surface area contributed by atoms with Crippen LogP contribution >= 0.6 is 0 Å². The lowest BCUT2D eigenvalue weighted by atomic mass is 9.94. The van der Waals surface area contributed by atoms with Crippen molar-refractivity contribution in [2.75, 3.05) is 18.5 Å². The molecule has 0 spiro atoms. The number of aliphatic hydroxyl groups is 1. The van der Waals surface area contributed by atoms with E-state index >= 15 is 0 Å². The number of rotatable bonds is 2. The van der Waals surface area contributed by atoms with Gasteiger partial charge in [-0.25, -0.2) is 8.78 Å². The van der Waals surface area contributed by atoms with E-state index in [4.69, 9.17) is 5.84 Å². The van der Waals surface area contributed by atoms with Crippen molar-refractivity contribution in [3.63, 3.8) is 0 Å². The molecule has 1 fully saturated rings. The lowest BCUT2D eigenvalue weighted by Gasteiger charge is -2.36. The highest BCUT2D eigenvalue weighted by Crippen LogP contribution is 2.24. The second-order valence-corrected chi connectivity index (χ2v) is 5.29. The summed E-state index contributed by atoms with van der Waals surface area (Å²) in [5.74, 6) is 2.63. The van der Waals surface area contributed by atoms with Crippen LogP contribution in [0.3, 0.4) is 0 Å². The van der Waals surface area contributed by atoms with Gasteiger partial charge in [0.15, 0.2) is 11.6 Å². The molecule has 1 heterocycles. The number of halogens is 2. The Labute approximate surface area is 115 Å². The van der Waals surface area contributed by atoms with Crippen molar-refractivity contribution in [3.8, 4) is 0 Å². The van der Waals surface area contributed by atoms with Crippen LogP contribution < -0.4 is 11.3 Å². The number of nitrogens with zero attached hydrogens (tertiary/aromatic N) is 1.